The molecule has 0 bridgehead atoms. The number of hydrogen-bond donors (Lipinski definition) is 1. The van der Waals surface area contributed by atoms with Gasteiger partial charge in [-0.15, -0.1) is 0 Å². The SMILES string of the molecule is NCc1ccc(C(=O)OC2COC2)o1. The highest BCUT2D eigenvalue weighted by atomic mass is 16.6. The van der Waals surface area contributed by atoms with Gasteiger partial charge in [0.2, 0.25) is 5.76 Å². The fourth-order valence-electron chi connectivity index (χ4n) is 1.09. The summed E-state index contributed by atoms with van der Waals surface area (Å²) < 4.78 is 15.0. The molecule has 14 heavy (non-hydrogen) atoms. The van der Waals surface area contributed by atoms with Crippen LogP contribution in [-0.2, 0) is 16.0 Å². The summed E-state index contributed by atoms with van der Waals surface area (Å²) in [6.45, 7) is 1.21. The van der Waals surface area contributed by atoms with E-state index in [4.69, 9.17) is 19.6 Å². The van der Waals surface area contributed by atoms with Crippen LogP contribution < -0.4 is 5.73 Å². The molecule has 1 aliphatic heterocycles. The average molecular weight is 197 g/mol. The van der Waals surface area contributed by atoms with Crippen LogP contribution in [-0.4, -0.2) is 25.3 Å². The van der Waals surface area contributed by atoms with E-state index in [1.807, 2.05) is 0 Å². The first-order chi connectivity index (χ1) is 6.79. The van der Waals surface area contributed by atoms with E-state index in [2.05, 4.69) is 0 Å². The number of hydrogen-bond acceptors (Lipinski definition) is 5. The highest BCUT2D eigenvalue weighted by Gasteiger charge is 2.24. The van der Waals surface area contributed by atoms with Crippen LogP contribution in [0.3, 0.4) is 0 Å². The van der Waals surface area contributed by atoms with Gasteiger partial charge in [0.05, 0.1) is 19.8 Å². The molecule has 0 unspecified atom stereocenters. The highest BCUT2D eigenvalue weighted by Crippen LogP contribution is 2.12. The van der Waals surface area contributed by atoms with Gasteiger partial charge in [-0.1, -0.05) is 0 Å². The molecule has 2 N–H and O–H groups in total. The van der Waals surface area contributed by atoms with Gasteiger partial charge in [0.15, 0.2) is 0 Å². The van der Waals surface area contributed by atoms with E-state index in [-0.39, 0.29) is 18.4 Å². The van der Waals surface area contributed by atoms with Crippen molar-refractivity contribution in [1.82, 2.24) is 0 Å². The van der Waals surface area contributed by atoms with Crippen molar-refractivity contribution in [2.45, 2.75) is 12.6 Å². The highest BCUT2D eigenvalue weighted by molar-refractivity contribution is 5.86. The summed E-state index contributed by atoms with van der Waals surface area (Å²) in [6.07, 6.45) is -0.131. The molecule has 0 atom stereocenters. The lowest BCUT2D eigenvalue weighted by Crippen LogP contribution is -2.37. The van der Waals surface area contributed by atoms with E-state index in [1.54, 1.807) is 12.1 Å². The van der Waals surface area contributed by atoms with Gasteiger partial charge in [-0.2, -0.15) is 0 Å². The van der Waals surface area contributed by atoms with Gasteiger partial charge in [0.25, 0.3) is 0 Å². The Balaban J connectivity index is 1.95. The summed E-state index contributed by atoms with van der Waals surface area (Å²) in [5, 5.41) is 0. The van der Waals surface area contributed by atoms with Crippen molar-refractivity contribution in [3.05, 3.63) is 23.7 Å². The zero-order valence-electron chi connectivity index (χ0n) is 7.56. The zero-order chi connectivity index (χ0) is 9.97. The standard InChI is InChI=1S/C9H11NO4/c10-3-6-1-2-8(13-6)9(11)14-7-4-12-5-7/h1-2,7H,3-5,10H2. The fourth-order valence-corrected chi connectivity index (χ4v) is 1.09. The van der Waals surface area contributed by atoms with Crippen molar-refractivity contribution in [2.75, 3.05) is 13.2 Å². The largest absolute Gasteiger partial charge is 0.453 e. The number of rotatable bonds is 3. The molecule has 1 aliphatic rings. The molecule has 0 saturated carbocycles. The van der Waals surface area contributed by atoms with Crippen LogP contribution in [0.15, 0.2) is 16.5 Å². The van der Waals surface area contributed by atoms with E-state index in [9.17, 15) is 4.79 Å². The molecule has 1 saturated heterocycles. The van der Waals surface area contributed by atoms with Gasteiger partial charge in [0, 0.05) is 0 Å². The molecule has 1 aromatic heterocycles. The lowest BCUT2D eigenvalue weighted by atomic mass is 10.3. The molecule has 1 fully saturated rings. The molecule has 2 heterocycles. The molecule has 5 heteroatoms. The summed E-state index contributed by atoms with van der Waals surface area (Å²) in [5.41, 5.74) is 5.34. The van der Waals surface area contributed by atoms with Crippen LogP contribution in [0.4, 0.5) is 0 Å². The van der Waals surface area contributed by atoms with Gasteiger partial charge in [-0.05, 0) is 12.1 Å². The average Bonchev–Trinajstić information content (AvgIpc) is 2.59. The zero-order valence-corrected chi connectivity index (χ0v) is 7.56. The Hall–Kier alpha value is -1.33. The monoisotopic (exact) mass is 197 g/mol. The third-order valence-electron chi connectivity index (χ3n) is 1.95. The summed E-state index contributed by atoms with van der Waals surface area (Å²) in [6, 6.07) is 3.22. The number of nitrogens with two attached hydrogens (primary N) is 1. The van der Waals surface area contributed by atoms with Gasteiger partial charge < -0.3 is 19.6 Å². The van der Waals surface area contributed by atoms with E-state index in [1.165, 1.54) is 0 Å². The van der Waals surface area contributed by atoms with Gasteiger partial charge >= 0.3 is 5.97 Å². The first-order valence-electron chi connectivity index (χ1n) is 4.37. The van der Waals surface area contributed by atoms with Crippen molar-refractivity contribution < 1.29 is 18.7 Å². The summed E-state index contributed by atoms with van der Waals surface area (Å²) in [5.74, 6) is 0.303. The smallest absolute Gasteiger partial charge is 0.374 e. The molecular weight excluding hydrogens is 186 g/mol. The Morgan fingerprint density at radius 1 is 1.57 bits per heavy atom. The van der Waals surface area contributed by atoms with Crippen molar-refractivity contribution in [2.24, 2.45) is 5.73 Å². The number of carbonyl (C=O) groups is 1. The maximum atomic E-state index is 11.4. The maximum Gasteiger partial charge on any atom is 0.374 e. The maximum absolute atomic E-state index is 11.4. The van der Waals surface area contributed by atoms with E-state index >= 15 is 0 Å². The molecule has 76 valence electrons. The second-order valence-corrected chi connectivity index (χ2v) is 3.03. The second kappa shape index (κ2) is 3.81. The molecule has 0 amide bonds. The Morgan fingerprint density at radius 2 is 2.36 bits per heavy atom. The lowest BCUT2D eigenvalue weighted by Gasteiger charge is -2.24. The lowest BCUT2D eigenvalue weighted by molar-refractivity contribution is -0.104. The Labute approximate surface area is 80.8 Å². The van der Waals surface area contributed by atoms with E-state index < -0.39 is 5.97 Å². The Bertz CT molecular complexity index is 329. The first-order valence-corrected chi connectivity index (χ1v) is 4.37. The summed E-state index contributed by atoms with van der Waals surface area (Å²) in [4.78, 5) is 11.4. The van der Waals surface area contributed by atoms with Crippen LogP contribution in [0.5, 0.6) is 0 Å². The predicted octanol–water partition coefficient (Wildman–Crippen LogP) is 0.294. The van der Waals surface area contributed by atoms with Crippen molar-refractivity contribution in [1.29, 1.82) is 0 Å². The minimum Gasteiger partial charge on any atom is -0.453 e. The predicted molar refractivity (Wildman–Crippen MR) is 46.6 cm³/mol. The summed E-state index contributed by atoms with van der Waals surface area (Å²) in [7, 11) is 0. The molecule has 5 nitrogen and oxygen atoms in total. The Kier molecular flexibility index (Phi) is 2.51. The fraction of sp³-hybridized carbons (Fsp3) is 0.444. The Morgan fingerprint density at radius 3 is 2.86 bits per heavy atom. The first kappa shape index (κ1) is 9.23. The third-order valence-corrected chi connectivity index (χ3v) is 1.95. The van der Waals surface area contributed by atoms with Gasteiger partial charge in [-0.3, -0.25) is 0 Å². The van der Waals surface area contributed by atoms with Gasteiger partial charge in [0.1, 0.15) is 11.9 Å². The number of furan rings is 1. The van der Waals surface area contributed by atoms with Crippen LogP contribution in [0.1, 0.15) is 16.3 Å². The van der Waals surface area contributed by atoms with E-state index in [0.717, 1.165) is 0 Å². The quantitative estimate of drug-likeness (QED) is 0.705. The van der Waals surface area contributed by atoms with Crippen molar-refractivity contribution in [3.63, 3.8) is 0 Å². The van der Waals surface area contributed by atoms with Crippen LogP contribution in [0.2, 0.25) is 0 Å². The minimum absolute atomic E-state index is 0.131. The van der Waals surface area contributed by atoms with Crippen molar-refractivity contribution >= 4 is 5.97 Å². The molecule has 0 spiro atoms. The molecular formula is C9H11NO4. The molecule has 1 aromatic rings. The van der Waals surface area contributed by atoms with Crippen LogP contribution in [0.25, 0.3) is 0 Å². The number of esters is 1. The summed E-state index contributed by atoms with van der Waals surface area (Å²) >= 11 is 0. The van der Waals surface area contributed by atoms with Crippen LogP contribution >= 0.6 is 0 Å². The topological polar surface area (TPSA) is 74.7 Å². The van der Waals surface area contributed by atoms with Crippen LogP contribution in [0, 0.1) is 0 Å². The number of carbonyl (C=O) groups excluding carboxylic acids is 1. The molecule has 0 aromatic carbocycles. The molecule has 2 rings (SSSR count). The molecule has 0 radical (unpaired) electrons. The third kappa shape index (κ3) is 1.78. The molecule has 0 aliphatic carbocycles. The normalized spacial score (nSPS) is 16.4. The van der Waals surface area contributed by atoms with Crippen molar-refractivity contribution in [3.8, 4) is 0 Å². The minimum atomic E-state index is -0.460. The number of ether oxygens (including phenoxy) is 2. The van der Waals surface area contributed by atoms with Gasteiger partial charge in [-0.25, -0.2) is 4.79 Å². The van der Waals surface area contributed by atoms with E-state index in [0.29, 0.717) is 19.0 Å². The second-order valence-electron chi connectivity index (χ2n) is 3.03.